The third kappa shape index (κ3) is 3.31. The Morgan fingerprint density at radius 1 is 1.25 bits per heavy atom. The molecule has 2 unspecified atom stereocenters. The van der Waals surface area contributed by atoms with Gasteiger partial charge in [0.1, 0.15) is 12.0 Å². The van der Waals surface area contributed by atoms with E-state index in [1.807, 2.05) is 12.1 Å². The molecule has 0 N–H and O–H groups in total. The van der Waals surface area contributed by atoms with Crippen molar-refractivity contribution in [2.75, 3.05) is 0 Å². The van der Waals surface area contributed by atoms with Gasteiger partial charge in [-0.1, -0.05) is 13.0 Å². The van der Waals surface area contributed by atoms with Crippen LogP contribution in [0.25, 0.3) is 16.5 Å². The lowest BCUT2D eigenvalue weighted by atomic mass is 9.89. The molecular formula is C21H17F2N3O2. The zero-order chi connectivity index (χ0) is 19.8. The zero-order valence-electron chi connectivity index (χ0n) is 15.0. The summed E-state index contributed by atoms with van der Waals surface area (Å²) in [5, 5.41) is 16.8. The second kappa shape index (κ2) is 6.99. The maximum atomic E-state index is 14.0. The lowest BCUT2D eigenvalue weighted by Crippen LogP contribution is -2.26. The number of alkyl halides is 1. The minimum atomic E-state index is -1.44. The number of fused-ring (bicyclic) bond motifs is 1. The van der Waals surface area contributed by atoms with Crippen molar-refractivity contribution in [3.8, 4) is 0 Å². The lowest BCUT2D eigenvalue weighted by molar-refractivity contribution is -0.577. The van der Waals surface area contributed by atoms with Crippen molar-refractivity contribution >= 4 is 16.5 Å². The van der Waals surface area contributed by atoms with Crippen LogP contribution in [0.1, 0.15) is 18.2 Å². The molecule has 2 atom stereocenters. The van der Waals surface area contributed by atoms with Crippen LogP contribution in [0, 0.1) is 11.1 Å². The standard InChI is InChI=1S/C21H17F2N3O2/c1-13-17(10-16(22)11-18(13)23)19-5-7-21(27)25(24-19)12-14-4-6-20-15(9-14)3-2-8-26(20)28/h2-11,13,18H,12H2,1H3. The molecule has 142 valence electrons. The maximum Gasteiger partial charge on any atom is 0.267 e. The molecule has 1 aliphatic carbocycles. The number of pyridine rings is 1. The summed E-state index contributed by atoms with van der Waals surface area (Å²) >= 11 is 0. The van der Waals surface area contributed by atoms with Crippen molar-refractivity contribution in [3.05, 3.63) is 93.5 Å². The van der Waals surface area contributed by atoms with Gasteiger partial charge in [0, 0.05) is 29.5 Å². The summed E-state index contributed by atoms with van der Waals surface area (Å²) in [6, 6.07) is 11.5. The number of hydrogen-bond acceptors (Lipinski definition) is 3. The Morgan fingerprint density at radius 2 is 2.07 bits per heavy atom. The average Bonchev–Trinajstić information content (AvgIpc) is 2.66. The number of hydrogen-bond donors (Lipinski definition) is 0. The minimum Gasteiger partial charge on any atom is -0.618 e. The Hall–Kier alpha value is -3.35. The molecule has 0 radical (unpaired) electrons. The summed E-state index contributed by atoms with van der Waals surface area (Å²) in [6.07, 6.45) is 2.16. The molecule has 0 aliphatic heterocycles. The normalized spacial score (nSPS) is 19.4. The molecule has 5 nitrogen and oxygen atoms in total. The van der Waals surface area contributed by atoms with Gasteiger partial charge in [-0.3, -0.25) is 4.79 Å². The fraction of sp³-hybridized carbons (Fsp3) is 0.190. The molecule has 1 aromatic carbocycles. The number of halogens is 2. The summed E-state index contributed by atoms with van der Waals surface area (Å²) in [5.74, 6) is -1.22. The highest BCUT2D eigenvalue weighted by molar-refractivity contribution is 5.76. The van der Waals surface area contributed by atoms with Gasteiger partial charge >= 0.3 is 0 Å². The van der Waals surface area contributed by atoms with Gasteiger partial charge in [0.15, 0.2) is 6.20 Å². The van der Waals surface area contributed by atoms with E-state index in [0.717, 1.165) is 21.8 Å². The Kier molecular flexibility index (Phi) is 4.50. The highest BCUT2D eigenvalue weighted by Gasteiger charge is 2.26. The third-order valence-corrected chi connectivity index (χ3v) is 4.90. The van der Waals surface area contributed by atoms with Gasteiger partial charge in [-0.05, 0) is 41.5 Å². The molecule has 28 heavy (non-hydrogen) atoms. The second-order valence-electron chi connectivity index (χ2n) is 6.83. The van der Waals surface area contributed by atoms with Gasteiger partial charge in [0.2, 0.25) is 5.52 Å². The summed E-state index contributed by atoms with van der Waals surface area (Å²) in [7, 11) is 0. The lowest BCUT2D eigenvalue weighted by Gasteiger charge is -2.21. The van der Waals surface area contributed by atoms with Crippen LogP contribution in [-0.4, -0.2) is 16.0 Å². The van der Waals surface area contributed by atoms with E-state index in [-0.39, 0.29) is 12.1 Å². The number of rotatable bonds is 3. The summed E-state index contributed by atoms with van der Waals surface area (Å²) in [6.45, 7) is 1.83. The van der Waals surface area contributed by atoms with Crippen LogP contribution in [0.15, 0.2) is 71.4 Å². The van der Waals surface area contributed by atoms with Gasteiger partial charge in [-0.25, -0.2) is 13.5 Å². The van der Waals surface area contributed by atoms with E-state index in [4.69, 9.17) is 0 Å². The van der Waals surface area contributed by atoms with Gasteiger partial charge in [0.05, 0.1) is 12.2 Å². The third-order valence-electron chi connectivity index (χ3n) is 4.90. The molecule has 0 spiro atoms. The molecule has 7 heteroatoms. The van der Waals surface area contributed by atoms with Crippen LogP contribution in [-0.2, 0) is 6.54 Å². The molecule has 0 saturated heterocycles. The van der Waals surface area contributed by atoms with Crippen molar-refractivity contribution in [1.29, 1.82) is 0 Å². The largest absolute Gasteiger partial charge is 0.618 e. The van der Waals surface area contributed by atoms with Crippen molar-refractivity contribution in [1.82, 2.24) is 9.78 Å². The highest BCUT2D eigenvalue weighted by atomic mass is 19.1. The number of allylic oxidation sites excluding steroid dienone is 4. The first kappa shape index (κ1) is 18.0. The first-order chi connectivity index (χ1) is 13.4. The van der Waals surface area contributed by atoms with Gasteiger partial charge in [0.25, 0.3) is 5.56 Å². The predicted octanol–water partition coefficient (Wildman–Crippen LogP) is 3.30. The number of nitrogens with zero attached hydrogens (tertiary/aromatic N) is 3. The first-order valence-electron chi connectivity index (χ1n) is 8.85. The highest BCUT2D eigenvalue weighted by Crippen LogP contribution is 2.32. The molecular weight excluding hydrogens is 364 g/mol. The van der Waals surface area contributed by atoms with Gasteiger partial charge in [-0.2, -0.15) is 9.83 Å². The zero-order valence-corrected chi connectivity index (χ0v) is 15.0. The topological polar surface area (TPSA) is 61.8 Å². The van der Waals surface area contributed by atoms with Gasteiger partial charge in [-0.15, -0.1) is 0 Å². The van der Waals surface area contributed by atoms with Crippen molar-refractivity contribution in [2.24, 2.45) is 5.92 Å². The van der Waals surface area contributed by atoms with Crippen molar-refractivity contribution < 1.29 is 13.5 Å². The van der Waals surface area contributed by atoms with E-state index < -0.39 is 17.9 Å². The van der Waals surface area contributed by atoms with Crippen LogP contribution in [0.2, 0.25) is 0 Å². The van der Waals surface area contributed by atoms with Crippen molar-refractivity contribution in [2.45, 2.75) is 19.6 Å². The number of aromatic nitrogens is 3. The molecule has 0 saturated carbocycles. The maximum absolute atomic E-state index is 14.0. The van der Waals surface area contributed by atoms with E-state index >= 15 is 0 Å². The van der Waals surface area contributed by atoms with Crippen LogP contribution in [0.3, 0.4) is 0 Å². The molecule has 0 amide bonds. The summed E-state index contributed by atoms with van der Waals surface area (Å²) in [5.41, 5.74) is 1.75. The van der Waals surface area contributed by atoms with Crippen LogP contribution >= 0.6 is 0 Å². The fourth-order valence-electron chi connectivity index (χ4n) is 3.33. The van der Waals surface area contributed by atoms with Gasteiger partial charge < -0.3 is 5.21 Å². The Morgan fingerprint density at radius 3 is 2.89 bits per heavy atom. The molecule has 4 rings (SSSR count). The smallest absolute Gasteiger partial charge is 0.267 e. The quantitative estimate of drug-likeness (QED) is 0.517. The average molecular weight is 381 g/mol. The Labute approximate surface area is 159 Å². The van der Waals surface area contributed by atoms with E-state index in [9.17, 15) is 18.8 Å². The van der Waals surface area contributed by atoms with Crippen LogP contribution < -0.4 is 10.3 Å². The second-order valence-corrected chi connectivity index (χ2v) is 6.83. The molecule has 1 aliphatic rings. The van der Waals surface area contributed by atoms with Crippen molar-refractivity contribution in [3.63, 3.8) is 0 Å². The molecule has 0 bridgehead atoms. The monoisotopic (exact) mass is 381 g/mol. The first-order valence-corrected chi connectivity index (χ1v) is 8.85. The Balaban J connectivity index is 1.71. The summed E-state index contributed by atoms with van der Waals surface area (Å²) < 4.78 is 29.7. The molecule has 2 heterocycles. The summed E-state index contributed by atoms with van der Waals surface area (Å²) in [4.78, 5) is 12.3. The molecule has 0 fully saturated rings. The van der Waals surface area contributed by atoms with E-state index in [2.05, 4.69) is 5.10 Å². The number of benzene rings is 1. The fourth-order valence-corrected chi connectivity index (χ4v) is 3.33. The minimum absolute atomic E-state index is 0.176. The Bertz CT molecular complexity index is 1180. The predicted molar refractivity (Wildman–Crippen MR) is 102 cm³/mol. The molecule has 3 aromatic rings. The van der Waals surface area contributed by atoms with Crippen LogP contribution in [0.5, 0.6) is 0 Å². The van der Waals surface area contributed by atoms with Crippen LogP contribution in [0.4, 0.5) is 8.78 Å². The molecule has 2 aromatic heterocycles. The van der Waals surface area contributed by atoms with E-state index in [1.165, 1.54) is 29.1 Å². The SMILES string of the molecule is CC1C(c2ccc(=O)n(Cc3ccc4c(ccc[n+]4[O-])c3)n2)=CC(F)=CC1F. The van der Waals surface area contributed by atoms with E-state index in [0.29, 0.717) is 16.8 Å². The van der Waals surface area contributed by atoms with E-state index in [1.54, 1.807) is 25.1 Å².